The number of nitrogens with one attached hydrogen (secondary N) is 1. The number of piperazine rings is 1. The second-order valence-electron chi connectivity index (χ2n) is 7.56. The number of quaternary nitrogens is 1. The average molecular weight is 377 g/mol. The molecule has 7 nitrogen and oxygen atoms in total. The van der Waals surface area contributed by atoms with Crippen molar-refractivity contribution in [2.45, 2.75) is 32.9 Å². The van der Waals surface area contributed by atoms with Crippen molar-refractivity contribution in [1.82, 2.24) is 20.2 Å². The van der Waals surface area contributed by atoms with Gasteiger partial charge in [-0.05, 0) is 40.6 Å². The zero-order valence-corrected chi connectivity index (χ0v) is 16.4. The van der Waals surface area contributed by atoms with Crippen molar-refractivity contribution in [2.24, 2.45) is 5.92 Å². The highest BCUT2D eigenvalue weighted by Crippen LogP contribution is 2.18. The highest BCUT2D eigenvalue weighted by molar-refractivity contribution is 5.46. The summed E-state index contributed by atoms with van der Waals surface area (Å²) in [6.45, 7) is 9.64. The van der Waals surface area contributed by atoms with Gasteiger partial charge in [0, 0.05) is 19.2 Å². The van der Waals surface area contributed by atoms with Gasteiger partial charge in [-0.2, -0.15) is 0 Å². The molecule has 148 valence electrons. The molecule has 0 unspecified atom stereocenters. The van der Waals surface area contributed by atoms with Crippen molar-refractivity contribution in [3.05, 3.63) is 35.9 Å². The molecule has 1 atom stereocenters. The van der Waals surface area contributed by atoms with Crippen LogP contribution in [-0.4, -0.2) is 60.1 Å². The van der Waals surface area contributed by atoms with Gasteiger partial charge >= 0.3 is 0 Å². The van der Waals surface area contributed by atoms with E-state index in [4.69, 9.17) is 4.74 Å². The van der Waals surface area contributed by atoms with Gasteiger partial charge in [-0.3, -0.25) is 0 Å². The van der Waals surface area contributed by atoms with Gasteiger partial charge in [0.15, 0.2) is 0 Å². The molecule has 0 aliphatic carbocycles. The Kier molecular flexibility index (Phi) is 6.73. The van der Waals surface area contributed by atoms with Crippen LogP contribution in [0, 0.1) is 11.7 Å². The van der Waals surface area contributed by atoms with Crippen LogP contribution in [-0.2, 0) is 11.3 Å². The van der Waals surface area contributed by atoms with Gasteiger partial charge in [0.25, 0.3) is 0 Å². The van der Waals surface area contributed by atoms with Crippen LogP contribution < -0.4 is 9.80 Å². The fourth-order valence-electron chi connectivity index (χ4n) is 3.78. The Morgan fingerprint density at radius 3 is 2.52 bits per heavy atom. The van der Waals surface area contributed by atoms with Crippen molar-refractivity contribution in [3.63, 3.8) is 0 Å². The number of methoxy groups -OCH3 is 1. The minimum absolute atomic E-state index is 0.192. The van der Waals surface area contributed by atoms with Gasteiger partial charge in [0.05, 0.1) is 39.3 Å². The molecule has 1 saturated heterocycles. The largest absolute Gasteiger partial charge is 0.383 e. The number of benzene rings is 1. The van der Waals surface area contributed by atoms with Crippen LogP contribution in [0.1, 0.15) is 32.1 Å². The molecule has 1 N–H and O–H groups in total. The van der Waals surface area contributed by atoms with Crippen molar-refractivity contribution in [1.29, 1.82) is 0 Å². The Labute approximate surface area is 160 Å². The molecule has 0 spiro atoms. The summed E-state index contributed by atoms with van der Waals surface area (Å²) in [4.78, 5) is 3.83. The van der Waals surface area contributed by atoms with E-state index in [0.29, 0.717) is 19.1 Å². The van der Waals surface area contributed by atoms with Gasteiger partial charge in [-0.25, -0.2) is 9.07 Å². The van der Waals surface area contributed by atoms with E-state index in [9.17, 15) is 4.39 Å². The van der Waals surface area contributed by atoms with E-state index in [1.807, 2.05) is 16.8 Å². The smallest absolute Gasteiger partial charge is 0.209 e. The molecule has 1 aliphatic heterocycles. The predicted molar refractivity (Wildman–Crippen MR) is 101 cm³/mol. The highest BCUT2D eigenvalue weighted by Gasteiger charge is 2.33. The lowest BCUT2D eigenvalue weighted by Crippen LogP contribution is -3.15. The number of rotatable bonds is 8. The highest BCUT2D eigenvalue weighted by atomic mass is 19.1. The summed E-state index contributed by atoms with van der Waals surface area (Å²) in [5.41, 5.74) is 1.08. The molecular weight excluding hydrogens is 347 g/mol. The van der Waals surface area contributed by atoms with E-state index < -0.39 is 0 Å². The van der Waals surface area contributed by atoms with E-state index in [1.165, 1.54) is 17.0 Å². The van der Waals surface area contributed by atoms with Crippen molar-refractivity contribution < 1.29 is 14.0 Å². The fourth-order valence-corrected chi connectivity index (χ4v) is 3.78. The molecule has 0 amide bonds. The third-order valence-corrected chi connectivity index (χ3v) is 5.18. The van der Waals surface area contributed by atoms with Crippen LogP contribution in [0.3, 0.4) is 0 Å². The van der Waals surface area contributed by atoms with Gasteiger partial charge in [-0.15, -0.1) is 5.10 Å². The maximum absolute atomic E-state index is 13.2. The molecule has 1 aromatic carbocycles. The van der Waals surface area contributed by atoms with Crippen molar-refractivity contribution in [2.75, 3.05) is 44.8 Å². The molecule has 2 heterocycles. The summed E-state index contributed by atoms with van der Waals surface area (Å²) < 4.78 is 20.3. The van der Waals surface area contributed by atoms with E-state index in [1.54, 1.807) is 7.11 Å². The number of ether oxygens (including phenoxy) is 1. The molecule has 0 saturated carbocycles. The first kappa shape index (κ1) is 19.7. The zero-order valence-electron chi connectivity index (χ0n) is 16.4. The summed E-state index contributed by atoms with van der Waals surface area (Å²) in [5.74, 6) is 1.32. The lowest BCUT2D eigenvalue weighted by molar-refractivity contribution is -0.934. The number of aromatic nitrogens is 4. The Balaban J connectivity index is 1.70. The van der Waals surface area contributed by atoms with E-state index in [2.05, 4.69) is 34.3 Å². The molecule has 2 aromatic rings. The Hall–Kier alpha value is -2.06. The summed E-state index contributed by atoms with van der Waals surface area (Å²) in [5, 5.41) is 12.4. The number of nitrogens with zero attached hydrogens (tertiary/aromatic N) is 5. The monoisotopic (exact) mass is 377 g/mol. The van der Waals surface area contributed by atoms with Crippen LogP contribution in [0.25, 0.3) is 0 Å². The molecular formula is C19H30FN6O+. The Bertz CT molecular complexity index is 696. The van der Waals surface area contributed by atoms with Gasteiger partial charge in [-0.1, -0.05) is 13.8 Å². The number of anilines is 1. The standard InChI is InChI=1S/C19H29FN6O/c1-15(2)14-18(19-21-22-23-26(19)12-13-27-3)25-10-8-24(9-11-25)17-6-4-16(20)5-7-17/h4-7,15,18H,8-14H2,1-3H3/p+1/t18-/m0/s1. The molecule has 1 fully saturated rings. The lowest BCUT2D eigenvalue weighted by Gasteiger charge is -2.37. The maximum atomic E-state index is 13.2. The normalized spacial score (nSPS) is 16.9. The topological polar surface area (TPSA) is 60.5 Å². The van der Waals surface area contributed by atoms with E-state index in [0.717, 1.165) is 44.1 Å². The number of hydrogen-bond acceptors (Lipinski definition) is 5. The van der Waals surface area contributed by atoms with Crippen LogP contribution in [0.15, 0.2) is 24.3 Å². The van der Waals surface area contributed by atoms with Crippen LogP contribution in [0.4, 0.5) is 10.1 Å². The molecule has 27 heavy (non-hydrogen) atoms. The van der Waals surface area contributed by atoms with Gasteiger partial charge < -0.3 is 14.5 Å². The third-order valence-electron chi connectivity index (χ3n) is 5.18. The number of hydrogen-bond donors (Lipinski definition) is 1. The first-order chi connectivity index (χ1) is 13.1. The molecule has 8 heteroatoms. The maximum Gasteiger partial charge on any atom is 0.209 e. The Morgan fingerprint density at radius 2 is 1.89 bits per heavy atom. The number of halogens is 1. The first-order valence-corrected chi connectivity index (χ1v) is 9.68. The van der Waals surface area contributed by atoms with Crippen LogP contribution >= 0.6 is 0 Å². The second-order valence-corrected chi connectivity index (χ2v) is 7.56. The van der Waals surface area contributed by atoms with E-state index in [-0.39, 0.29) is 11.9 Å². The summed E-state index contributed by atoms with van der Waals surface area (Å²) in [7, 11) is 1.69. The van der Waals surface area contributed by atoms with Crippen molar-refractivity contribution in [3.8, 4) is 0 Å². The second kappa shape index (κ2) is 9.23. The minimum Gasteiger partial charge on any atom is -0.383 e. The summed E-state index contributed by atoms with van der Waals surface area (Å²) >= 11 is 0. The molecule has 0 radical (unpaired) electrons. The van der Waals surface area contributed by atoms with E-state index >= 15 is 0 Å². The molecule has 1 aromatic heterocycles. The quantitative estimate of drug-likeness (QED) is 0.742. The minimum atomic E-state index is -0.192. The molecule has 0 bridgehead atoms. The third kappa shape index (κ3) is 5.01. The van der Waals surface area contributed by atoms with Crippen LogP contribution in [0.2, 0.25) is 0 Å². The Morgan fingerprint density at radius 1 is 1.19 bits per heavy atom. The summed E-state index contributed by atoms with van der Waals surface area (Å²) in [6, 6.07) is 7.04. The first-order valence-electron chi connectivity index (χ1n) is 9.68. The SMILES string of the molecule is COCCn1nnnc1[C@H](CC(C)C)[NH+]1CCN(c2ccc(F)cc2)CC1. The predicted octanol–water partition coefficient (Wildman–Crippen LogP) is 0.951. The van der Waals surface area contributed by atoms with Gasteiger partial charge in [0.2, 0.25) is 5.82 Å². The van der Waals surface area contributed by atoms with Crippen molar-refractivity contribution >= 4 is 5.69 Å². The molecule has 3 rings (SSSR count). The van der Waals surface area contributed by atoms with Crippen LogP contribution in [0.5, 0.6) is 0 Å². The average Bonchev–Trinajstić information content (AvgIpc) is 3.13. The number of tetrazole rings is 1. The molecule has 1 aliphatic rings. The zero-order chi connectivity index (χ0) is 19.2. The van der Waals surface area contributed by atoms with Gasteiger partial charge in [0.1, 0.15) is 11.9 Å². The summed E-state index contributed by atoms with van der Waals surface area (Å²) in [6.07, 6.45) is 1.04. The lowest BCUT2D eigenvalue weighted by atomic mass is 10.0. The fraction of sp³-hybridized carbons (Fsp3) is 0.632.